The number of benzene rings is 3. The maximum absolute atomic E-state index is 12.7. The Hall–Kier alpha value is -2.73. The van der Waals surface area contributed by atoms with Gasteiger partial charge in [-0.15, -0.1) is 0 Å². The van der Waals surface area contributed by atoms with Crippen molar-refractivity contribution in [2.24, 2.45) is 0 Å². The van der Waals surface area contributed by atoms with Crippen LogP contribution in [0.1, 0.15) is 27.6 Å². The van der Waals surface area contributed by atoms with Crippen LogP contribution in [0.5, 0.6) is 11.5 Å². The summed E-state index contributed by atoms with van der Waals surface area (Å²) in [5.41, 5.74) is 1.93. The molecular weight excluding hydrogens is 413 g/mol. The van der Waals surface area contributed by atoms with Crippen LogP contribution in [0.3, 0.4) is 0 Å². The van der Waals surface area contributed by atoms with Crippen LogP contribution in [0, 0.1) is 0 Å². The first kappa shape index (κ1) is 19.6. The molecule has 7 heteroatoms. The highest BCUT2D eigenvalue weighted by molar-refractivity contribution is 6.31. The molecule has 0 radical (unpaired) electrons. The maximum atomic E-state index is 12.7. The normalized spacial score (nSPS) is 13.6. The van der Waals surface area contributed by atoms with Crippen LogP contribution in [-0.4, -0.2) is 24.2 Å². The third-order valence-corrected chi connectivity index (χ3v) is 5.02. The molecule has 0 bridgehead atoms. The van der Waals surface area contributed by atoms with E-state index in [1.165, 1.54) is 0 Å². The van der Waals surface area contributed by atoms with Crippen molar-refractivity contribution in [1.82, 2.24) is 0 Å². The second kappa shape index (κ2) is 8.33. The van der Waals surface area contributed by atoms with Gasteiger partial charge in [-0.2, -0.15) is 0 Å². The lowest BCUT2D eigenvalue weighted by Gasteiger charge is -2.23. The molecule has 0 saturated heterocycles. The van der Waals surface area contributed by atoms with E-state index in [1.54, 1.807) is 60.7 Å². The molecular formula is C22H17Cl2NO4. The molecule has 1 aliphatic rings. The van der Waals surface area contributed by atoms with Crippen molar-refractivity contribution in [2.75, 3.05) is 18.5 Å². The van der Waals surface area contributed by atoms with Crippen LogP contribution in [0.15, 0.2) is 60.7 Å². The van der Waals surface area contributed by atoms with E-state index in [0.29, 0.717) is 57.1 Å². The highest BCUT2D eigenvalue weighted by Crippen LogP contribution is 2.40. The summed E-state index contributed by atoms with van der Waals surface area (Å²) in [5, 5.41) is 14.9. The highest BCUT2D eigenvalue weighted by atomic mass is 35.5. The van der Waals surface area contributed by atoms with E-state index in [-0.39, 0.29) is 5.91 Å². The average Bonchev–Trinajstić information content (AvgIpc) is 2.73. The number of anilines is 1. The maximum Gasteiger partial charge on any atom is 0.255 e. The standard InChI is InChI=1S/C22H17Cl2NO4/c23-15-6-4-13(5-7-15)21(26)17-11-19-20(29-9-8-28-19)12-18(17)25-22(27)14-2-1-3-16(24)10-14/h1-7,10-12,21,26H,8-9H2,(H,25,27)/t21-/m1/s1. The number of carbonyl (C=O) groups excluding carboxylic acids is 1. The zero-order chi connectivity index (χ0) is 20.4. The van der Waals surface area contributed by atoms with E-state index >= 15 is 0 Å². The Morgan fingerprint density at radius 3 is 2.31 bits per heavy atom. The first-order valence-electron chi connectivity index (χ1n) is 8.95. The predicted octanol–water partition coefficient (Wildman–Crippen LogP) is 5.10. The van der Waals surface area contributed by atoms with E-state index in [1.807, 2.05) is 0 Å². The molecule has 0 aromatic heterocycles. The zero-order valence-corrected chi connectivity index (χ0v) is 16.7. The molecule has 0 aliphatic carbocycles. The summed E-state index contributed by atoms with van der Waals surface area (Å²) >= 11 is 11.9. The summed E-state index contributed by atoms with van der Waals surface area (Å²) in [6, 6.07) is 16.8. The van der Waals surface area contributed by atoms with Gasteiger partial charge in [0.15, 0.2) is 11.5 Å². The lowest BCUT2D eigenvalue weighted by atomic mass is 9.98. The molecule has 3 aromatic rings. The Kier molecular flexibility index (Phi) is 5.62. The second-order valence-corrected chi connectivity index (χ2v) is 7.37. The number of hydrogen-bond donors (Lipinski definition) is 2. The topological polar surface area (TPSA) is 67.8 Å². The molecule has 1 heterocycles. The fourth-order valence-electron chi connectivity index (χ4n) is 3.09. The second-order valence-electron chi connectivity index (χ2n) is 6.50. The number of carbonyl (C=O) groups is 1. The number of halogens is 2. The van der Waals surface area contributed by atoms with Crippen molar-refractivity contribution < 1.29 is 19.4 Å². The highest BCUT2D eigenvalue weighted by Gasteiger charge is 2.22. The molecule has 1 amide bonds. The van der Waals surface area contributed by atoms with Gasteiger partial charge >= 0.3 is 0 Å². The summed E-state index contributed by atoms with van der Waals surface area (Å²) in [6.45, 7) is 0.825. The smallest absolute Gasteiger partial charge is 0.255 e. The van der Waals surface area contributed by atoms with E-state index in [0.717, 1.165) is 0 Å². The van der Waals surface area contributed by atoms with Gasteiger partial charge in [-0.1, -0.05) is 41.4 Å². The van der Waals surface area contributed by atoms with E-state index in [4.69, 9.17) is 32.7 Å². The van der Waals surface area contributed by atoms with E-state index in [2.05, 4.69) is 5.32 Å². The van der Waals surface area contributed by atoms with Crippen LogP contribution in [0.25, 0.3) is 0 Å². The lowest BCUT2D eigenvalue weighted by Crippen LogP contribution is -2.18. The Bertz CT molecular complexity index is 1050. The van der Waals surface area contributed by atoms with Gasteiger partial charge in [0, 0.05) is 27.2 Å². The predicted molar refractivity (Wildman–Crippen MR) is 112 cm³/mol. The van der Waals surface area contributed by atoms with Crippen LogP contribution in [-0.2, 0) is 0 Å². The van der Waals surface area contributed by atoms with Gasteiger partial charge in [0.2, 0.25) is 0 Å². The Morgan fingerprint density at radius 2 is 1.62 bits per heavy atom. The van der Waals surface area contributed by atoms with Crippen LogP contribution in [0.4, 0.5) is 5.69 Å². The SMILES string of the molecule is O=C(Nc1cc2c(cc1[C@H](O)c1ccc(Cl)cc1)OCCO2)c1cccc(Cl)c1. The number of hydrogen-bond acceptors (Lipinski definition) is 4. The summed E-state index contributed by atoms with van der Waals surface area (Å²) in [4.78, 5) is 12.7. The van der Waals surface area contributed by atoms with Gasteiger partial charge in [0.1, 0.15) is 19.3 Å². The number of rotatable bonds is 4. The Morgan fingerprint density at radius 1 is 0.931 bits per heavy atom. The van der Waals surface area contributed by atoms with Gasteiger partial charge in [0.25, 0.3) is 5.91 Å². The van der Waals surface area contributed by atoms with Crippen LogP contribution >= 0.6 is 23.2 Å². The number of amides is 1. The summed E-state index contributed by atoms with van der Waals surface area (Å²) in [6.07, 6.45) is -1.00. The van der Waals surface area contributed by atoms with Crippen molar-refractivity contribution in [2.45, 2.75) is 6.10 Å². The molecule has 0 spiro atoms. The molecule has 148 valence electrons. The van der Waals surface area contributed by atoms with E-state index < -0.39 is 6.10 Å². The summed E-state index contributed by atoms with van der Waals surface area (Å²) in [7, 11) is 0. The first-order chi connectivity index (χ1) is 14.0. The molecule has 4 rings (SSSR count). The third-order valence-electron chi connectivity index (χ3n) is 4.53. The van der Waals surface area contributed by atoms with Crippen molar-refractivity contribution in [3.05, 3.63) is 87.4 Å². The minimum absolute atomic E-state index is 0.353. The van der Waals surface area contributed by atoms with E-state index in [9.17, 15) is 9.90 Å². The van der Waals surface area contributed by atoms with Gasteiger partial charge in [-0.25, -0.2) is 0 Å². The Balaban J connectivity index is 1.73. The molecule has 0 saturated carbocycles. The van der Waals surface area contributed by atoms with Crippen molar-refractivity contribution in [1.29, 1.82) is 0 Å². The quantitative estimate of drug-likeness (QED) is 0.605. The molecule has 1 aliphatic heterocycles. The number of ether oxygens (including phenoxy) is 2. The molecule has 1 atom stereocenters. The lowest BCUT2D eigenvalue weighted by molar-refractivity contribution is 0.102. The summed E-state index contributed by atoms with van der Waals surface area (Å²) in [5.74, 6) is 0.665. The van der Waals surface area contributed by atoms with Crippen LogP contribution in [0.2, 0.25) is 10.0 Å². The summed E-state index contributed by atoms with van der Waals surface area (Å²) < 4.78 is 11.3. The van der Waals surface area contributed by atoms with Crippen LogP contribution < -0.4 is 14.8 Å². The van der Waals surface area contributed by atoms with Gasteiger partial charge in [-0.05, 0) is 42.0 Å². The third kappa shape index (κ3) is 4.32. The van der Waals surface area contributed by atoms with Gasteiger partial charge in [-0.3, -0.25) is 4.79 Å². The molecule has 2 N–H and O–H groups in total. The van der Waals surface area contributed by atoms with Gasteiger partial charge in [0.05, 0.1) is 5.69 Å². The zero-order valence-electron chi connectivity index (χ0n) is 15.2. The average molecular weight is 430 g/mol. The Labute approximate surface area is 177 Å². The minimum Gasteiger partial charge on any atom is -0.486 e. The molecule has 0 unspecified atom stereocenters. The molecule has 5 nitrogen and oxygen atoms in total. The molecule has 0 fully saturated rings. The number of nitrogens with one attached hydrogen (secondary N) is 1. The number of aliphatic hydroxyl groups excluding tert-OH is 1. The fraction of sp³-hybridized carbons (Fsp3) is 0.136. The van der Waals surface area contributed by atoms with Crippen molar-refractivity contribution in [3.63, 3.8) is 0 Å². The van der Waals surface area contributed by atoms with Crippen molar-refractivity contribution in [3.8, 4) is 11.5 Å². The monoisotopic (exact) mass is 429 g/mol. The van der Waals surface area contributed by atoms with Crippen molar-refractivity contribution >= 4 is 34.8 Å². The number of aliphatic hydroxyl groups is 1. The first-order valence-corrected chi connectivity index (χ1v) is 9.71. The largest absolute Gasteiger partial charge is 0.486 e. The minimum atomic E-state index is -1.00. The fourth-order valence-corrected chi connectivity index (χ4v) is 3.40. The molecule has 3 aromatic carbocycles. The molecule has 29 heavy (non-hydrogen) atoms. The van der Waals surface area contributed by atoms with Gasteiger partial charge < -0.3 is 19.9 Å². The number of fused-ring (bicyclic) bond motifs is 1.